The molecule has 1 unspecified atom stereocenters. The number of hydrogen-bond donors (Lipinski definition) is 1. The van der Waals surface area contributed by atoms with E-state index in [-0.39, 0.29) is 22.5 Å². The van der Waals surface area contributed by atoms with Crippen LogP contribution >= 0.6 is 11.8 Å². The van der Waals surface area contributed by atoms with Crippen LogP contribution in [0.25, 0.3) is 0 Å². The van der Waals surface area contributed by atoms with Gasteiger partial charge in [0.1, 0.15) is 0 Å². The molecule has 0 aliphatic carbocycles. The minimum atomic E-state index is -0.160. The van der Waals surface area contributed by atoms with Crippen LogP contribution in [0.3, 0.4) is 0 Å². The second-order valence-corrected chi connectivity index (χ2v) is 5.67. The molecular formula is C9H15NO2S. The molecular weight excluding hydrogens is 186 g/mol. The summed E-state index contributed by atoms with van der Waals surface area (Å²) in [4.78, 5) is 22.0. The molecule has 4 heteroatoms. The zero-order valence-electron chi connectivity index (χ0n) is 8.22. The lowest BCUT2D eigenvalue weighted by Gasteiger charge is -2.18. The molecule has 0 aromatic carbocycles. The number of rotatable bonds is 2. The molecule has 0 radical (unpaired) electrons. The number of carbonyl (C=O) groups excluding carboxylic acids is 2. The van der Waals surface area contributed by atoms with Gasteiger partial charge in [0.2, 0.25) is 11.8 Å². The first-order valence-corrected chi connectivity index (χ1v) is 5.39. The van der Waals surface area contributed by atoms with Crippen LogP contribution in [0, 0.1) is 5.41 Å². The Morgan fingerprint density at radius 3 is 2.46 bits per heavy atom. The summed E-state index contributed by atoms with van der Waals surface area (Å²) < 4.78 is 0. The lowest BCUT2D eigenvalue weighted by Crippen LogP contribution is -2.24. The molecule has 0 aromatic heterocycles. The first-order chi connectivity index (χ1) is 5.88. The average Bonchev–Trinajstić information content (AvgIpc) is 2.24. The van der Waals surface area contributed by atoms with Gasteiger partial charge in [-0.05, 0) is 11.2 Å². The van der Waals surface area contributed by atoms with E-state index in [1.807, 2.05) is 0 Å². The summed E-state index contributed by atoms with van der Waals surface area (Å²) in [5.41, 5.74) is 0.205. The number of carbonyl (C=O) groups is 2. The summed E-state index contributed by atoms with van der Waals surface area (Å²) in [5, 5.41) is 2.14. The molecule has 1 N–H and O–H groups in total. The Morgan fingerprint density at radius 1 is 1.46 bits per heavy atom. The van der Waals surface area contributed by atoms with Gasteiger partial charge in [-0.1, -0.05) is 20.8 Å². The van der Waals surface area contributed by atoms with Crippen molar-refractivity contribution < 1.29 is 9.59 Å². The maximum absolute atomic E-state index is 11.1. The van der Waals surface area contributed by atoms with Crippen molar-refractivity contribution in [1.29, 1.82) is 0 Å². The number of imide groups is 1. The van der Waals surface area contributed by atoms with E-state index in [1.54, 1.807) is 11.8 Å². The highest BCUT2D eigenvalue weighted by atomic mass is 32.2. The first kappa shape index (κ1) is 10.6. The molecule has 1 aliphatic heterocycles. The van der Waals surface area contributed by atoms with E-state index in [1.165, 1.54) is 0 Å². The molecule has 1 aliphatic rings. The average molecular weight is 201 g/mol. The van der Waals surface area contributed by atoms with Crippen LogP contribution in [0.15, 0.2) is 0 Å². The Balaban J connectivity index is 2.38. The smallest absolute Gasteiger partial charge is 0.240 e. The monoisotopic (exact) mass is 201 g/mol. The Kier molecular flexibility index (Phi) is 3.01. The van der Waals surface area contributed by atoms with E-state index in [0.29, 0.717) is 6.42 Å². The Bertz CT molecular complexity index is 232. The van der Waals surface area contributed by atoms with Crippen LogP contribution in [-0.2, 0) is 9.59 Å². The van der Waals surface area contributed by atoms with Crippen LogP contribution < -0.4 is 5.32 Å². The molecule has 0 spiro atoms. The van der Waals surface area contributed by atoms with E-state index < -0.39 is 0 Å². The van der Waals surface area contributed by atoms with Gasteiger partial charge < -0.3 is 0 Å². The highest BCUT2D eigenvalue weighted by Gasteiger charge is 2.31. The third-order valence-electron chi connectivity index (χ3n) is 1.64. The topological polar surface area (TPSA) is 46.2 Å². The maximum Gasteiger partial charge on any atom is 0.240 e. The van der Waals surface area contributed by atoms with Crippen LogP contribution in [-0.4, -0.2) is 22.8 Å². The summed E-state index contributed by atoms with van der Waals surface area (Å²) in [5.74, 6) is 0.633. The minimum absolute atomic E-state index is 0.126. The second-order valence-electron chi connectivity index (χ2n) is 4.48. The van der Waals surface area contributed by atoms with Gasteiger partial charge in [-0.3, -0.25) is 14.9 Å². The van der Waals surface area contributed by atoms with Crippen molar-refractivity contribution in [2.24, 2.45) is 5.41 Å². The summed E-state index contributed by atoms with van der Waals surface area (Å²) in [6.45, 7) is 6.36. The predicted molar refractivity (Wildman–Crippen MR) is 53.5 cm³/mol. The van der Waals surface area contributed by atoms with Crippen molar-refractivity contribution in [3.63, 3.8) is 0 Å². The molecule has 1 atom stereocenters. The highest BCUT2D eigenvalue weighted by molar-refractivity contribution is 8.00. The fourth-order valence-electron chi connectivity index (χ4n) is 1.02. The van der Waals surface area contributed by atoms with Crippen LogP contribution in [0.5, 0.6) is 0 Å². The normalized spacial score (nSPS) is 23.5. The maximum atomic E-state index is 11.1. The number of hydrogen-bond acceptors (Lipinski definition) is 3. The molecule has 1 heterocycles. The van der Waals surface area contributed by atoms with Gasteiger partial charge >= 0.3 is 0 Å². The van der Waals surface area contributed by atoms with E-state index in [0.717, 1.165) is 5.75 Å². The molecule has 0 saturated carbocycles. The van der Waals surface area contributed by atoms with E-state index in [2.05, 4.69) is 26.1 Å². The van der Waals surface area contributed by atoms with Gasteiger partial charge in [-0.15, -0.1) is 11.8 Å². The second kappa shape index (κ2) is 3.70. The zero-order chi connectivity index (χ0) is 10.1. The quantitative estimate of drug-likeness (QED) is 0.682. The number of thioether (sulfide) groups is 1. The van der Waals surface area contributed by atoms with Crippen molar-refractivity contribution in [1.82, 2.24) is 5.32 Å². The van der Waals surface area contributed by atoms with E-state index >= 15 is 0 Å². The fraction of sp³-hybridized carbons (Fsp3) is 0.778. The third kappa shape index (κ3) is 3.38. The van der Waals surface area contributed by atoms with Crippen LogP contribution in [0.1, 0.15) is 27.2 Å². The highest BCUT2D eigenvalue weighted by Crippen LogP contribution is 2.27. The van der Waals surface area contributed by atoms with Crippen molar-refractivity contribution in [3.8, 4) is 0 Å². The van der Waals surface area contributed by atoms with E-state index in [4.69, 9.17) is 0 Å². The summed E-state index contributed by atoms with van der Waals surface area (Å²) >= 11 is 1.57. The molecule has 13 heavy (non-hydrogen) atoms. The molecule has 74 valence electrons. The lowest BCUT2D eigenvalue weighted by molar-refractivity contribution is -0.124. The van der Waals surface area contributed by atoms with Crippen molar-refractivity contribution in [3.05, 3.63) is 0 Å². The Labute approximate surface area is 82.6 Å². The van der Waals surface area contributed by atoms with Gasteiger partial charge in [0, 0.05) is 6.42 Å². The summed E-state index contributed by atoms with van der Waals surface area (Å²) in [6.07, 6.45) is 0.347. The van der Waals surface area contributed by atoms with Gasteiger partial charge in [-0.2, -0.15) is 0 Å². The largest absolute Gasteiger partial charge is 0.295 e. The van der Waals surface area contributed by atoms with Crippen LogP contribution in [0.2, 0.25) is 0 Å². The summed E-state index contributed by atoms with van der Waals surface area (Å²) in [6, 6.07) is 0. The van der Waals surface area contributed by atoms with Gasteiger partial charge in [0.05, 0.1) is 5.25 Å². The SMILES string of the molecule is CC(C)(C)CSC1CC(=O)NC1=O. The Hall–Kier alpha value is -0.510. The van der Waals surface area contributed by atoms with Gasteiger partial charge in [0.25, 0.3) is 0 Å². The molecule has 1 saturated heterocycles. The van der Waals surface area contributed by atoms with Gasteiger partial charge in [0.15, 0.2) is 0 Å². The first-order valence-electron chi connectivity index (χ1n) is 4.34. The zero-order valence-corrected chi connectivity index (χ0v) is 9.03. The van der Waals surface area contributed by atoms with Crippen molar-refractivity contribution >= 4 is 23.6 Å². The summed E-state index contributed by atoms with van der Waals surface area (Å²) in [7, 11) is 0. The van der Waals surface area contributed by atoms with Gasteiger partial charge in [-0.25, -0.2) is 0 Å². The molecule has 1 rings (SSSR count). The third-order valence-corrected chi connectivity index (χ3v) is 3.46. The predicted octanol–water partition coefficient (Wildman–Crippen LogP) is 1.18. The molecule has 3 nitrogen and oxygen atoms in total. The van der Waals surface area contributed by atoms with Crippen molar-refractivity contribution in [2.75, 3.05) is 5.75 Å². The van der Waals surface area contributed by atoms with E-state index in [9.17, 15) is 9.59 Å². The van der Waals surface area contributed by atoms with Crippen LogP contribution in [0.4, 0.5) is 0 Å². The molecule has 0 aromatic rings. The minimum Gasteiger partial charge on any atom is -0.295 e. The molecule has 2 amide bonds. The standard InChI is InChI=1S/C9H15NO2S/c1-9(2,3)5-13-6-4-7(11)10-8(6)12/h6H,4-5H2,1-3H3,(H,10,11,12). The molecule has 1 fully saturated rings. The fourth-order valence-corrected chi connectivity index (χ4v) is 2.20. The Morgan fingerprint density at radius 2 is 2.08 bits per heavy atom. The lowest BCUT2D eigenvalue weighted by atomic mass is 10.0. The molecule has 0 bridgehead atoms. The number of nitrogens with one attached hydrogen (secondary N) is 1. The number of amides is 2. The van der Waals surface area contributed by atoms with Crippen molar-refractivity contribution in [2.45, 2.75) is 32.4 Å².